The Morgan fingerprint density at radius 2 is 1.75 bits per heavy atom. The highest BCUT2D eigenvalue weighted by atomic mass is 16.6. The van der Waals surface area contributed by atoms with Gasteiger partial charge in [-0.05, 0) is 120 Å². The zero-order chi connectivity index (χ0) is 36.1. The molecule has 276 valence electrons. The first-order valence-electron chi connectivity index (χ1n) is 19.2. The Balaban J connectivity index is 1.16. The first-order valence-corrected chi connectivity index (χ1v) is 19.2. The topological polar surface area (TPSA) is 125 Å². The minimum Gasteiger partial charge on any atom is -0.508 e. The zero-order valence-electron chi connectivity index (χ0n) is 30.2. The maximum atomic E-state index is 10.8. The van der Waals surface area contributed by atoms with E-state index >= 15 is 0 Å². The molecule has 5 N–H and O–H groups in total. The quantitative estimate of drug-likeness (QED) is 0.0981. The highest BCUT2D eigenvalue weighted by Gasteiger charge is 2.42. The van der Waals surface area contributed by atoms with E-state index in [1.807, 2.05) is 30.5 Å². The Labute approximate surface area is 309 Å². The Kier molecular flexibility index (Phi) is 9.18. The second-order valence-electron chi connectivity index (χ2n) is 15.3. The molecule has 0 bridgehead atoms. The van der Waals surface area contributed by atoms with E-state index in [1.54, 1.807) is 19.2 Å². The predicted molar refractivity (Wildman–Crippen MR) is 203 cm³/mol. The molecule has 4 aromatic carbocycles. The van der Waals surface area contributed by atoms with Gasteiger partial charge in [0.05, 0.1) is 20.4 Å². The number of ether oxygens (including phenoxy) is 4. The molecule has 0 saturated heterocycles. The highest BCUT2D eigenvalue weighted by molar-refractivity contribution is 5.85. The number of aromatic hydroxyl groups is 2. The van der Waals surface area contributed by atoms with Crippen LogP contribution in [0.1, 0.15) is 83.9 Å². The van der Waals surface area contributed by atoms with Crippen molar-refractivity contribution in [3.05, 3.63) is 100 Å². The van der Waals surface area contributed by atoms with Crippen molar-refractivity contribution in [1.29, 1.82) is 0 Å². The fourth-order valence-corrected chi connectivity index (χ4v) is 9.31. The molecule has 5 aromatic rings. The van der Waals surface area contributed by atoms with Gasteiger partial charge in [0, 0.05) is 40.9 Å². The van der Waals surface area contributed by atoms with Gasteiger partial charge in [-0.2, -0.15) is 0 Å². The number of aliphatic hydroxyl groups excluding tert-OH is 1. The number of phenolic OH excluding ortho intramolecular Hbond substituents is 2. The van der Waals surface area contributed by atoms with Crippen LogP contribution >= 0.6 is 0 Å². The number of phenols is 2. The van der Waals surface area contributed by atoms with E-state index in [-0.39, 0.29) is 36.2 Å². The van der Waals surface area contributed by atoms with E-state index in [9.17, 15) is 15.3 Å². The van der Waals surface area contributed by atoms with Crippen LogP contribution in [-0.2, 0) is 30.4 Å². The monoisotopic (exact) mass is 716 g/mol. The summed E-state index contributed by atoms with van der Waals surface area (Å²) in [6.45, 7) is 0.346. The Morgan fingerprint density at radius 1 is 0.868 bits per heavy atom. The molecule has 9 rings (SSSR count). The van der Waals surface area contributed by atoms with E-state index in [2.05, 4.69) is 34.6 Å². The van der Waals surface area contributed by atoms with E-state index in [1.165, 1.54) is 35.8 Å². The average Bonchev–Trinajstić information content (AvgIpc) is 3.66. The van der Waals surface area contributed by atoms with Crippen molar-refractivity contribution in [2.24, 2.45) is 0 Å². The highest BCUT2D eigenvalue weighted by Crippen LogP contribution is 2.56. The van der Waals surface area contributed by atoms with Gasteiger partial charge in [0.1, 0.15) is 29.5 Å². The lowest BCUT2D eigenvalue weighted by molar-refractivity contribution is -0.0486. The Morgan fingerprint density at radius 3 is 2.60 bits per heavy atom. The molecule has 2 aliphatic heterocycles. The van der Waals surface area contributed by atoms with Crippen LogP contribution in [-0.4, -0.2) is 59.0 Å². The molecule has 2 aliphatic carbocycles. The van der Waals surface area contributed by atoms with Gasteiger partial charge < -0.3 is 39.3 Å². The van der Waals surface area contributed by atoms with Crippen LogP contribution in [0.5, 0.6) is 28.7 Å². The lowest BCUT2D eigenvalue weighted by atomic mass is 9.72. The summed E-state index contributed by atoms with van der Waals surface area (Å²) < 4.78 is 26.2. The van der Waals surface area contributed by atoms with Gasteiger partial charge in [0.25, 0.3) is 0 Å². The zero-order valence-corrected chi connectivity index (χ0v) is 30.2. The first kappa shape index (κ1) is 34.1. The summed E-state index contributed by atoms with van der Waals surface area (Å²) in [7, 11) is 1.56. The molecule has 9 nitrogen and oxygen atoms in total. The summed E-state index contributed by atoms with van der Waals surface area (Å²) >= 11 is 0. The predicted octanol–water partition coefficient (Wildman–Crippen LogP) is 7.76. The third kappa shape index (κ3) is 6.38. The number of nitrogens with one attached hydrogen (secondary N) is 2. The molecule has 4 atom stereocenters. The molecule has 53 heavy (non-hydrogen) atoms. The Hall–Kier alpha value is -4.70. The van der Waals surface area contributed by atoms with Gasteiger partial charge in [-0.15, -0.1) is 0 Å². The van der Waals surface area contributed by atoms with Gasteiger partial charge in [0.15, 0.2) is 17.6 Å². The van der Waals surface area contributed by atoms with Crippen molar-refractivity contribution in [2.45, 2.75) is 94.5 Å². The second kappa shape index (κ2) is 14.3. The number of methoxy groups -OCH3 is 1. The summed E-state index contributed by atoms with van der Waals surface area (Å²) in [5.41, 5.74) is 9.72. The minimum atomic E-state index is -0.459. The van der Waals surface area contributed by atoms with Crippen molar-refractivity contribution in [1.82, 2.24) is 10.3 Å². The van der Waals surface area contributed by atoms with Gasteiger partial charge in [-0.3, -0.25) is 5.32 Å². The molecular formula is C44H48N2O7. The van der Waals surface area contributed by atoms with Crippen LogP contribution in [0.4, 0.5) is 0 Å². The van der Waals surface area contributed by atoms with Gasteiger partial charge in [-0.1, -0.05) is 37.5 Å². The fourth-order valence-electron chi connectivity index (χ4n) is 9.31. The van der Waals surface area contributed by atoms with Crippen LogP contribution in [0, 0.1) is 0 Å². The number of aromatic amines is 1. The molecular weight excluding hydrogens is 668 g/mol. The molecule has 0 unspecified atom stereocenters. The lowest BCUT2D eigenvalue weighted by Crippen LogP contribution is -2.40. The van der Waals surface area contributed by atoms with Gasteiger partial charge in [0.2, 0.25) is 0 Å². The molecule has 1 fully saturated rings. The van der Waals surface area contributed by atoms with E-state index < -0.39 is 6.10 Å². The largest absolute Gasteiger partial charge is 0.508 e. The number of fused-ring (bicyclic) bond motifs is 9. The third-order valence-electron chi connectivity index (χ3n) is 12.0. The van der Waals surface area contributed by atoms with Crippen molar-refractivity contribution >= 4 is 10.9 Å². The van der Waals surface area contributed by atoms with E-state index in [0.29, 0.717) is 37.8 Å². The molecule has 0 spiro atoms. The minimum absolute atomic E-state index is 0.0708. The van der Waals surface area contributed by atoms with Crippen LogP contribution in [0.25, 0.3) is 22.0 Å². The Bertz CT molecular complexity index is 2140. The first-order chi connectivity index (χ1) is 26.0. The summed E-state index contributed by atoms with van der Waals surface area (Å²) in [4.78, 5) is 3.31. The van der Waals surface area contributed by atoms with Crippen molar-refractivity contribution in [2.75, 3.05) is 20.4 Å². The number of benzene rings is 4. The number of hydrogen-bond acceptors (Lipinski definition) is 8. The second-order valence-corrected chi connectivity index (χ2v) is 15.3. The molecule has 4 aliphatic rings. The smallest absolute Gasteiger partial charge is 0.160 e. The summed E-state index contributed by atoms with van der Waals surface area (Å²) in [6.07, 6.45) is 10.5. The number of H-pyrrole nitrogens is 1. The summed E-state index contributed by atoms with van der Waals surface area (Å²) in [5, 5.41) is 36.4. The lowest BCUT2D eigenvalue weighted by Gasteiger charge is -2.41. The van der Waals surface area contributed by atoms with Crippen molar-refractivity contribution in [3.8, 4) is 39.9 Å². The molecule has 1 saturated carbocycles. The average molecular weight is 717 g/mol. The molecule has 0 amide bonds. The normalized spacial score (nSPS) is 22.2. The SMILES string of the molecule is COc1cc([C@H]2Oc3c(c4c(c5c3CC[C@H](CO)O5)-c3ccc(O)cc3[C@@H](Cc3ccc5[nH]ccc5c3)C4)C[C@H]2OCNC2CCCCC2)ccc1O. The van der Waals surface area contributed by atoms with Crippen molar-refractivity contribution in [3.63, 3.8) is 0 Å². The number of aromatic nitrogens is 1. The van der Waals surface area contributed by atoms with Crippen LogP contribution in [0.15, 0.2) is 66.9 Å². The molecule has 9 heteroatoms. The van der Waals surface area contributed by atoms with E-state index in [4.69, 9.17) is 18.9 Å². The summed E-state index contributed by atoms with van der Waals surface area (Å²) in [6, 6.07) is 20.2. The number of hydrogen-bond donors (Lipinski definition) is 5. The van der Waals surface area contributed by atoms with Gasteiger partial charge >= 0.3 is 0 Å². The standard InChI is InChI=1S/C44H48N2O7/c1-50-39-20-27(8-14-38(39)49)42-40(51-24-46-29-5-3-2-4-6-29)22-36-35-19-28(18-25-7-13-37-26(17-25)15-16-45-37)34-21-30(48)9-11-32(34)41(35)44-33(43(36)53-42)12-10-31(23-47)52-44/h7-9,11,13-17,20-21,28-29,31,40,42,45-49H,2-6,10,12,18-19,22-24H2,1H3/t28-,31+,40+,42+/m0/s1. The summed E-state index contributed by atoms with van der Waals surface area (Å²) in [5.74, 6) is 2.40. The molecule has 3 heterocycles. The van der Waals surface area contributed by atoms with Gasteiger partial charge in [-0.25, -0.2) is 0 Å². The molecule has 0 radical (unpaired) electrons. The van der Waals surface area contributed by atoms with Crippen LogP contribution in [0.2, 0.25) is 0 Å². The fraction of sp³-hybridized carbons (Fsp3) is 0.409. The maximum absolute atomic E-state index is 10.8. The number of aliphatic hydroxyl groups is 1. The third-order valence-corrected chi connectivity index (χ3v) is 12.0. The van der Waals surface area contributed by atoms with Crippen molar-refractivity contribution < 1.29 is 34.3 Å². The number of rotatable bonds is 9. The van der Waals surface area contributed by atoms with Crippen LogP contribution < -0.4 is 19.5 Å². The van der Waals surface area contributed by atoms with E-state index in [0.717, 1.165) is 76.1 Å². The maximum Gasteiger partial charge on any atom is 0.160 e. The van der Waals surface area contributed by atoms with Crippen LogP contribution in [0.3, 0.4) is 0 Å². The molecule has 1 aromatic heterocycles.